The molecule has 3 heteroatoms. The summed E-state index contributed by atoms with van der Waals surface area (Å²) < 4.78 is 30.5. The zero-order chi connectivity index (χ0) is 9.14. The third-order valence-corrected chi connectivity index (χ3v) is 1.56. The van der Waals surface area contributed by atoms with Gasteiger partial charge >= 0.3 is 0 Å². The second-order valence-electron chi connectivity index (χ2n) is 2.44. The Morgan fingerprint density at radius 1 is 1.33 bits per heavy atom. The lowest BCUT2D eigenvalue weighted by Gasteiger charge is -2.06. The van der Waals surface area contributed by atoms with E-state index >= 15 is 0 Å². The van der Waals surface area contributed by atoms with E-state index in [1.54, 1.807) is 13.8 Å². The number of halogens is 2. The van der Waals surface area contributed by atoms with Gasteiger partial charge < -0.3 is 4.74 Å². The zero-order valence-corrected chi connectivity index (χ0v) is 7.03. The molecule has 12 heavy (non-hydrogen) atoms. The molecule has 1 aromatic carbocycles. The van der Waals surface area contributed by atoms with Crippen LogP contribution >= 0.6 is 0 Å². The molecule has 0 fully saturated rings. The van der Waals surface area contributed by atoms with Gasteiger partial charge in [-0.25, -0.2) is 8.78 Å². The van der Waals surface area contributed by atoms with Crippen molar-refractivity contribution in [2.24, 2.45) is 0 Å². The van der Waals surface area contributed by atoms with E-state index in [2.05, 4.69) is 0 Å². The molecule has 0 radical (unpaired) electrons. The van der Waals surface area contributed by atoms with Crippen LogP contribution in [0.15, 0.2) is 12.1 Å². The molecule has 0 bridgehead atoms. The summed E-state index contributed by atoms with van der Waals surface area (Å²) in [6, 6.07) is 2.03. The van der Waals surface area contributed by atoms with Gasteiger partial charge in [-0.2, -0.15) is 0 Å². The van der Waals surface area contributed by atoms with Crippen LogP contribution in [0, 0.1) is 18.6 Å². The van der Waals surface area contributed by atoms with Crippen LogP contribution in [0.25, 0.3) is 0 Å². The summed E-state index contributed by atoms with van der Waals surface area (Å²) in [7, 11) is 0. The van der Waals surface area contributed by atoms with Crippen molar-refractivity contribution in [2.75, 3.05) is 6.61 Å². The van der Waals surface area contributed by atoms with Gasteiger partial charge in [0.15, 0.2) is 0 Å². The molecular weight excluding hydrogens is 162 g/mol. The minimum Gasteiger partial charge on any atom is -0.493 e. The van der Waals surface area contributed by atoms with Crippen LogP contribution < -0.4 is 4.74 Å². The highest BCUT2D eigenvalue weighted by molar-refractivity contribution is 5.33. The minimum absolute atomic E-state index is 0.273. The predicted octanol–water partition coefficient (Wildman–Crippen LogP) is 2.67. The average Bonchev–Trinajstić information content (AvgIpc) is 2.00. The molecular formula is C9H10F2O. The van der Waals surface area contributed by atoms with Crippen molar-refractivity contribution in [1.82, 2.24) is 0 Å². The van der Waals surface area contributed by atoms with Crippen LogP contribution in [0.3, 0.4) is 0 Å². The molecule has 0 spiro atoms. The third kappa shape index (κ3) is 1.72. The first-order valence-corrected chi connectivity index (χ1v) is 3.73. The second-order valence-corrected chi connectivity index (χ2v) is 2.44. The monoisotopic (exact) mass is 172 g/mol. The SMILES string of the molecule is CCOc1cc(F)cc(F)c1C. The largest absolute Gasteiger partial charge is 0.493 e. The molecule has 1 rings (SSSR count). The highest BCUT2D eigenvalue weighted by Crippen LogP contribution is 2.21. The van der Waals surface area contributed by atoms with Gasteiger partial charge in [-0.3, -0.25) is 0 Å². The fraction of sp³-hybridized carbons (Fsp3) is 0.333. The number of rotatable bonds is 2. The molecule has 0 atom stereocenters. The Bertz CT molecular complexity index is 284. The lowest BCUT2D eigenvalue weighted by molar-refractivity contribution is 0.333. The molecule has 0 aliphatic heterocycles. The minimum atomic E-state index is -0.610. The van der Waals surface area contributed by atoms with Crippen LogP contribution in [-0.2, 0) is 0 Å². The van der Waals surface area contributed by atoms with Crippen molar-refractivity contribution in [3.05, 3.63) is 29.3 Å². The summed E-state index contributed by atoms with van der Waals surface area (Å²) in [6.45, 7) is 3.73. The number of hydrogen-bond acceptors (Lipinski definition) is 1. The molecule has 0 saturated carbocycles. The molecule has 0 amide bonds. The maximum atomic E-state index is 12.8. The Labute approximate surface area is 70.0 Å². The number of benzene rings is 1. The first-order chi connectivity index (χ1) is 5.65. The Morgan fingerprint density at radius 2 is 2.00 bits per heavy atom. The van der Waals surface area contributed by atoms with Crippen LogP contribution in [0.2, 0.25) is 0 Å². The van der Waals surface area contributed by atoms with Gasteiger partial charge in [0.1, 0.15) is 17.4 Å². The molecule has 66 valence electrons. The van der Waals surface area contributed by atoms with Gasteiger partial charge in [0.25, 0.3) is 0 Å². The van der Waals surface area contributed by atoms with E-state index in [1.165, 1.54) is 6.07 Å². The lowest BCUT2D eigenvalue weighted by atomic mass is 10.2. The molecule has 1 nitrogen and oxygen atoms in total. The summed E-state index contributed by atoms with van der Waals surface area (Å²) in [6.07, 6.45) is 0. The van der Waals surface area contributed by atoms with Gasteiger partial charge in [0.05, 0.1) is 6.61 Å². The molecule has 0 aromatic heterocycles. The quantitative estimate of drug-likeness (QED) is 0.666. The highest BCUT2D eigenvalue weighted by Gasteiger charge is 2.06. The van der Waals surface area contributed by atoms with Crippen molar-refractivity contribution in [3.8, 4) is 5.75 Å². The van der Waals surface area contributed by atoms with Crippen molar-refractivity contribution in [3.63, 3.8) is 0 Å². The lowest BCUT2D eigenvalue weighted by Crippen LogP contribution is -1.97. The van der Waals surface area contributed by atoms with E-state index in [4.69, 9.17) is 4.74 Å². The van der Waals surface area contributed by atoms with Gasteiger partial charge in [-0.1, -0.05) is 0 Å². The van der Waals surface area contributed by atoms with Gasteiger partial charge in [0, 0.05) is 17.7 Å². The van der Waals surface area contributed by atoms with Crippen LogP contribution in [-0.4, -0.2) is 6.61 Å². The maximum absolute atomic E-state index is 12.8. The van der Waals surface area contributed by atoms with Crippen molar-refractivity contribution < 1.29 is 13.5 Å². The van der Waals surface area contributed by atoms with Crippen LogP contribution in [0.1, 0.15) is 12.5 Å². The number of ether oxygens (including phenoxy) is 1. The molecule has 1 aromatic rings. The van der Waals surface area contributed by atoms with E-state index < -0.39 is 11.6 Å². The summed E-state index contributed by atoms with van der Waals surface area (Å²) >= 11 is 0. The Balaban J connectivity index is 3.09. The van der Waals surface area contributed by atoms with E-state index in [0.717, 1.165) is 6.07 Å². The fourth-order valence-electron chi connectivity index (χ4n) is 0.928. The first-order valence-electron chi connectivity index (χ1n) is 3.73. The van der Waals surface area contributed by atoms with E-state index in [0.29, 0.717) is 12.2 Å². The summed E-state index contributed by atoms with van der Waals surface area (Å²) in [5.74, 6) is -0.907. The molecule has 0 saturated heterocycles. The Hall–Kier alpha value is -1.12. The average molecular weight is 172 g/mol. The Kier molecular flexibility index (Phi) is 2.63. The summed E-state index contributed by atoms with van der Waals surface area (Å²) in [5.41, 5.74) is 0.346. The second kappa shape index (κ2) is 3.52. The molecule has 0 unspecified atom stereocenters. The molecule has 0 heterocycles. The van der Waals surface area contributed by atoms with Gasteiger partial charge in [-0.15, -0.1) is 0 Å². The summed E-state index contributed by atoms with van der Waals surface area (Å²) in [4.78, 5) is 0. The first kappa shape index (κ1) is 8.97. The molecule has 0 N–H and O–H groups in total. The third-order valence-electron chi connectivity index (χ3n) is 1.56. The standard InChI is InChI=1S/C9H10F2O/c1-3-12-9-5-7(10)4-8(11)6(9)2/h4-5H,3H2,1-2H3. The van der Waals surface area contributed by atoms with Gasteiger partial charge in [0.2, 0.25) is 0 Å². The normalized spacial score (nSPS) is 10.0. The zero-order valence-electron chi connectivity index (χ0n) is 7.03. The fourth-order valence-corrected chi connectivity index (χ4v) is 0.928. The van der Waals surface area contributed by atoms with Crippen molar-refractivity contribution >= 4 is 0 Å². The van der Waals surface area contributed by atoms with Crippen molar-refractivity contribution in [2.45, 2.75) is 13.8 Å². The smallest absolute Gasteiger partial charge is 0.132 e. The number of hydrogen-bond donors (Lipinski definition) is 0. The van der Waals surface area contributed by atoms with Crippen LogP contribution in [0.5, 0.6) is 5.75 Å². The molecule has 0 aliphatic carbocycles. The highest BCUT2D eigenvalue weighted by atomic mass is 19.1. The Morgan fingerprint density at radius 3 is 2.58 bits per heavy atom. The van der Waals surface area contributed by atoms with Crippen LogP contribution in [0.4, 0.5) is 8.78 Å². The maximum Gasteiger partial charge on any atom is 0.132 e. The summed E-state index contributed by atoms with van der Waals surface area (Å²) in [5, 5.41) is 0. The predicted molar refractivity (Wildman–Crippen MR) is 42.3 cm³/mol. The van der Waals surface area contributed by atoms with E-state index in [-0.39, 0.29) is 5.75 Å². The topological polar surface area (TPSA) is 9.23 Å². The van der Waals surface area contributed by atoms with E-state index in [9.17, 15) is 8.78 Å². The molecule has 0 aliphatic rings. The van der Waals surface area contributed by atoms with Gasteiger partial charge in [-0.05, 0) is 13.8 Å². The van der Waals surface area contributed by atoms with E-state index in [1.807, 2.05) is 0 Å². The van der Waals surface area contributed by atoms with Crippen molar-refractivity contribution in [1.29, 1.82) is 0 Å².